The fourth-order valence-corrected chi connectivity index (χ4v) is 2.96. The topological polar surface area (TPSA) is 49.3 Å². The number of aryl methyl sites for hydroxylation is 1. The number of rotatable bonds is 4. The lowest BCUT2D eigenvalue weighted by Gasteiger charge is -2.29. The molecule has 1 fully saturated rings. The van der Waals surface area contributed by atoms with Gasteiger partial charge >= 0.3 is 5.97 Å². The van der Waals surface area contributed by atoms with Crippen molar-refractivity contribution in [2.75, 3.05) is 11.9 Å². The summed E-state index contributed by atoms with van der Waals surface area (Å²) in [5.74, 6) is 0.679. The van der Waals surface area contributed by atoms with E-state index in [9.17, 15) is 4.79 Å². The molecule has 1 saturated carbocycles. The van der Waals surface area contributed by atoms with Crippen molar-refractivity contribution in [3.05, 3.63) is 29.3 Å². The van der Waals surface area contributed by atoms with E-state index in [1.165, 1.54) is 25.7 Å². The maximum absolute atomic E-state index is 11.0. The first-order valence-corrected chi connectivity index (χ1v) is 7.15. The second-order valence-electron chi connectivity index (χ2n) is 5.74. The molecule has 1 aliphatic rings. The number of carboxylic acids is 1. The van der Waals surface area contributed by atoms with Crippen LogP contribution in [0.3, 0.4) is 0 Å². The fraction of sp³-hybridized carbons (Fsp3) is 0.562. The van der Waals surface area contributed by atoms with E-state index in [4.69, 9.17) is 5.11 Å². The van der Waals surface area contributed by atoms with Crippen molar-refractivity contribution in [1.29, 1.82) is 0 Å². The summed E-state index contributed by atoms with van der Waals surface area (Å²) in [6.45, 7) is 5.18. The molecule has 0 aliphatic heterocycles. The molecule has 0 bridgehead atoms. The minimum atomic E-state index is -0.857. The first-order chi connectivity index (χ1) is 9.08. The molecule has 1 aliphatic carbocycles. The monoisotopic (exact) mass is 261 g/mol. The number of anilines is 1. The number of carbonyl (C=O) groups is 1. The van der Waals surface area contributed by atoms with Crippen molar-refractivity contribution in [1.82, 2.24) is 0 Å². The quantitative estimate of drug-likeness (QED) is 0.863. The van der Waals surface area contributed by atoms with Crippen LogP contribution in [0.25, 0.3) is 0 Å². The van der Waals surface area contributed by atoms with Gasteiger partial charge in [0.15, 0.2) is 0 Å². The molecule has 0 amide bonds. The molecule has 0 spiro atoms. The summed E-state index contributed by atoms with van der Waals surface area (Å²) in [6.07, 6.45) is 5.35. The standard InChI is InChI=1S/C16H23NO2/c1-11-5-3-4-6-13(11)10-17-14-7-8-15(16(18)19)12(2)9-14/h7-9,11,13,17H,3-6,10H2,1-2H3,(H,18,19). The molecule has 2 rings (SSSR count). The Bertz CT molecular complexity index is 456. The third-order valence-corrected chi connectivity index (χ3v) is 4.31. The number of hydrogen-bond donors (Lipinski definition) is 2. The zero-order chi connectivity index (χ0) is 13.8. The summed E-state index contributed by atoms with van der Waals surface area (Å²) in [7, 11) is 0. The lowest BCUT2D eigenvalue weighted by molar-refractivity contribution is 0.0696. The zero-order valence-corrected chi connectivity index (χ0v) is 11.8. The van der Waals surface area contributed by atoms with Gasteiger partial charge in [-0.15, -0.1) is 0 Å². The number of nitrogens with one attached hydrogen (secondary N) is 1. The molecule has 0 saturated heterocycles. The molecule has 2 atom stereocenters. The van der Waals surface area contributed by atoms with Gasteiger partial charge in [-0.05, 0) is 48.9 Å². The largest absolute Gasteiger partial charge is 0.478 e. The molecule has 19 heavy (non-hydrogen) atoms. The van der Waals surface area contributed by atoms with Gasteiger partial charge in [0.1, 0.15) is 0 Å². The highest BCUT2D eigenvalue weighted by molar-refractivity contribution is 5.89. The van der Waals surface area contributed by atoms with Gasteiger partial charge in [-0.1, -0.05) is 26.2 Å². The van der Waals surface area contributed by atoms with Crippen molar-refractivity contribution in [3.8, 4) is 0 Å². The van der Waals surface area contributed by atoms with E-state index in [0.29, 0.717) is 5.56 Å². The van der Waals surface area contributed by atoms with Crippen LogP contribution in [-0.4, -0.2) is 17.6 Å². The maximum atomic E-state index is 11.0. The van der Waals surface area contributed by atoms with Crippen LogP contribution < -0.4 is 5.32 Å². The highest BCUT2D eigenvalue weighted by Crippen LogP contribution is 2.29. The van der Waals surface area contributed by atoms with Crippen molar-refractivity contribution < 1.29 is 9.90 Å². The molecule has 104 valence electrons. The van der Waals surface area contributed by atoms with E-state index in [1.54, 1.807) is 6.07 Å². The van der Waals surface area contributed by atoms with Crippen molar-refractivity contribution in [2.45, 2.75) is 39.5 Å². The smallest absolute Gasteiger partial charge is 0.335 e. The SMILES string of the molecule is Cc1cc(NCC2CCCCC2C)ccc1C(=O)O. The zero-order valence-electron chi connectivity index (χ0n) is 11.8. The van der Waals surface area contributed by atoms with E-state index in [0.717, 1.165) is 29.6 Å². The van der Waals surface area contributed by atoms with Crippen LogP contribution >= 0.6 is 0 Å². The van der Waals surface area contributed by atoms with E-state index in [-0.39, 0.29) is 0 Å². The van der Waals surface area contributed by atoms with Crippen LogP contribution in [0.5, 0.6) is 0 Å². The summed E-state index contributed by atoms with van der Waals surface area (Å²) in [4.78, 5) is 11.0. The Kier molecular flexibility index (Phi) is 4.46. The van der Waals surface area contributed by atoms with E-state index in [2.05, 4.69) is 12.2 Å². The Morgan fingerprint density at radius 1 is 1.37 bits per heavy atom. The average Bonchev–Trinajstić information content (AvgIpc) is 2.37. The Morgan fingerprint density at radius 3 is 2.74 bits per heavy atom. The van der Waals surface area contributed by atoms with Gasteiger partial charge in [0.05, 0.1) is 5.56 Å². The number of hydrogen-bond acceptors (Lipinski definition) is 2. The van der Waals surface area contributed by atoms with Gasteiger partial charge in [0.25, 0.3) is 0 Å². The lowest BCUT2D eigenvalue weighted by atomic mass is 9.80. The van der Waals surface area contributed by atoms with Gasteiger partial charge in [0, 0.05) is 12.2 Å². The third-order valence-electron chi connectivity index (χ3n) is 4.31. The second-order valence-corrected chi connectivity index (χ2v) is 5.74. The summed E-state index contributed by atoms with van der Waals surface area (Å²) in [5.41, 5.74) is 2.23. The predicted octanol–water partition coefficient (Wildman–Crippen LogP) is 3.93. The van der Waals surface area contributed by atoms with Gasteiger partial charge in [-0.25, -0.2) is 4.79 Å². The Morgan fingerprint density at radius 2 is 2.11 bits per heavy atom. The van der Waals surface area contributed by atoms with Gasteiger partial charge in [0.2, 0.25) is 0 Å². The van der Waals surface area contributed by atoms with E-state index >= 15 is 0 Å². The first-order valence-electron chi connectivity index (χ1n) is 7.15. The molecular formula is C16H23NO2. The highest BCUT2D eigenvalue weighted by atomic mass is 16.4. The third kappa shape index (κ3) is 3.49. The predicted molar refractivity (Wildman–Crippen MR) is 77.8 cm³/mol. The van der Waals surface area contributed by atoms with Crippen LogP contribution in [0, 0.1) is 18.8 Å². The maximum Gasteiger partial charge on any atom is 0.335 e. The first kappa shape index (κ1) is 13.9. The molecule has 3 heteroatoms. The molecular weight excluding hydrogens is 238 g/mol. The van der Waals surface area contributed by atoms with Crippen molar-refractivity contribution in [3.63, 3.8) is 0 Å². The van der Waals surface area contributed by atoms with E-state index in [1.807, 2.05) is 19.1 Å². The molecule has 0 heterocycles. The van der Waals surface area contributed by atoms with Crippen LogP contribution in [0.4, 0.5) is 5.69 Å². The number of aromatic carboxylic acids is 1. The van der Waals surface area contributed by atoms with Crippen molar-refractivity contribution >= 4 is 11.7 Å². The summed E-state index contributed by atoms with van der Waals surface area (Å²) >= 11 is 0. The Balaban J connectivity index is 1.96. The second kappa shape index (κ2) is 6.09. The molecule has 2 N–H and O–H groups in total. The highest BCUT2D eigenvalue weighted by Gasteiger charge is 2.20. The lowest BCUT2D eigenvalue weighted by Crippen LogP contribution is -2.24. The number of benzene rings is 1. The minimum Gasteiger partial charge on any atom is -0.478 e. The van der Waals surface area contributed by atoms with Gasteiger partial charge in [-0.2, -0.15) is 0 Å². The molecule has 0 aromatic heterocycles. The number of carboxylic acid groups (broad SMARTS) is 1. The fourth-order valence-electron chi connectivity index (χ4n) is 2.96. The molecule has 1 aromatic carbocycles. The van der Waals surface area contributed by atoms with Crippen LogP contribution in [0.1, 0.15) is 48.5 Å². The summed E-state index contributed by atoms with van der Waals surface area (Å²) < 4.78 is 0. The van der Waals surface area contributed by atoms with Crippen LogP contribution in [0.2, 0.25) is 0 Å². The van der Waals surface area contributed by atoms with Crippen LogP contribution in [-0.2, 0) is 0 Å². The Hall–Kier alpha value is -1.51. The normalized spacial score (nSPS) is 23.1. The molecule has 3 nitrogen and oxygen atoms in total. The van der Waals surface area contributed by atoms with Gasteiger partial charge in [-0.3, -0.25) is 0 Å². The molecule has 0 radical (unpaired) electrons. The molecule has 2 unspecified atom stereocenters. The van der Waals surface area contributed by atoms with Crippen LogP contribution in [0.15, 0.2) is 18.2 Å². The van der Waals surface area contributed by atoms with Crippen molar-refractivity contribution in [2.24, 2.45) is 11.8 Å². The van der Waals surface area contributed by atoms with E-state index < -0.39 is 5.97 Å². The minimum absolute atomic E-state index is 0.386. The summed E-state index contributed by atoms with van der Waals surface area (Å²) in [5, 5.41) is 12.5. The Labute approximate surface area is 115 Å². The average molecular weight is 261 g/mol. The van der Waals surface area contributed by atoms with Gasteiger partial charge < -0.3 is 10.4 Å². The summed E-state index contributed by atoms with van der Waals surface area (Å²) in [6, 6.07) is 5.48. The molecule has 1 aromatic rings.